The van der Waals surface area contributed by atoms with Gasteiger partial charge in [0.2, 0.25) is 0 Å². The van der Waals surface area contributed by atoms with Gasteiger partial charge in [0, 0.05) is 24.7 Å². The van der Waals surface area contributed by atoms with Crippen molar-refractivity contribution in [1.29, 1.82) is 0 Å². The van der Waals surface area contributed by atoms with E-state index in [9.17, 15) is 4.39 Å². The van der Waals surface area contributed by atoms with E-state index < -0.39 is 5.79 Å². The lowest BCUT2D eigenvalue weighted by Crippen LogP contribution is -2.57. The van der Waals surface area contributed by atoms with Gasteiger partial charge in [-0.2, -0.15) is 5.10 Å². The van der Waals surface area contributed by atoms with E-state index in [0.29, 0.717) is 6.04 Å². The van der Waals surface area contributed by atoms with Crippen LogP contribution in [0.25, 0.3) is 0 Å². The SMILES string of the molecule is C[C@@H](C1=NNC(C)(N[C@@H]2CCN(C)C2)N=C1)c1ccc(F)cc1. The van der Waals surface area contributed by atoms with Crippen molar-refractivity contribution in [3.8, 4) is 0 Å². The molecule has 0 saturated carbocycles. The second-order valence-electron chi connectivity index (χ2n) is 6.64. The Hall–Kier alpha value is -1.79. The number of likely N-dealkylation sites (tertiary alicyclic amines) is 1. The van der Waals surface area contributed by atoms with E-state index in [1.165, 1.54) is 12.1 Å². The highest BCUT2D eigenvalue weighted by Gasteiger charge is 2.31. The summed E-state index contributed by atoms with van der Waals surface area (Å²) in [4.78, 5) is 6.93. The van der Waals surface area contributed by atoms with Gasteiger partial charge in [0.05, 0.1) is 5.71 Å². The second kappa shape index (κ2) is 6.37. The van der Waals surface area contributed by atoms with Crippen LogP contribution in [0, 0.1) is 5.82 Å². The number of halogens is 1. The molecule has 2 aliphatic rings. The number of hydrazone groups is 1. The predicted octanol–water partition coefficient (Wildman–Crippen LogP) is 1.93. The zero-order valence-corrected chi connectivity index (χ0v) is 13.9. The van der Waals surface area contributed by atoms with Gasteiger partial charge in [-0.1, -0.05) is 19.1 Å². The first-order chi connectivity index (χ1) is 11.0. The largest absolute Gasteiger partial charge is 0.305 e. The zero-order chi connectivity index (χ0) is 16.4. The quantitative estimate of drug-likeness (QED) is 0.892. The Bertz CT molecular complexity index is 612. The van der Waals surface area contributed by atoms with Crippen molar-refractivity contribution in [1.82, 2.24) is 15.6 Å². The van der Waals surface area contributed by atoms with E-state index in [1.54, 1.807) is 12.1 Å². The molecule has 1 unspecified atom stereocenters. The van der Waals surface area contributed by atoms with Gasteiger partial charge in [-0.3, -0.25) is 10.7 Å². The van der Waals surface area contributed by atoms with Gasteiger partial charge in [0.15, 0.2) is 5.79 Å². The lowest BCUT2D eigenvalue weighted by atomic mass is 9.96. The molecule has 1 fully saturated rings. The molecule has 1 saturated heterocycles. The molecule has 2 N–H and O–H groups in total. The van der Waals surface area contributed by atoms with Crippen molar-refractivity contribution in [2.75, 3.05) is 20.1 Å². The lowest BCUT2D eigenvalue weighted by Gasteiger charge is -2.32. The second-order valence-corrected chi connectivity index (χ2v) is 6.64. The first-order valence-electron chi connectivity index (χ1n) is 8.07. The van der Waals surface area contributed by atoms with Crippen molar-refractivity contribution in [3.63, 3.8) is 0 Å². The molecule has 0 aliphatic carbocycles. The molecular formula is C17H24FN5. The molecular weight excluding hydrogens is 293 g/mol. The molecule has 3 atom stereocenters. The first-order valence-corrected chi connectivity index (χ1v) is 8.07. The summed E-state index contributed by atoms with van der Waals surface area (Å²) in [5.41, 5.74) is 5.00. The minimum Gasteiger partial charge on any atom is -0.305 e. The van der Waals surface area contributed by atoms with Crippen molar-refractivity contribution in [2.45, 2.75) is 38.0 Å². The van der Waals surface area contributed by atoms with E-state index in [-0.39, 0.29) is 11.7 Å². The summed E-state index contributed by atoms with van der Waals surface area (Å²) < 4.78 is 13.0. The third-order valence-corrected chi connectivity index (χ3v) is 4.55. The van der Waals surface area contributed by atoms with Crippen LogP contribution < -0.4 is 10.7 Å². The Kier molecular flexibility index (Phi) is 4.46. The molecule has 2 aliphatic heterocycles. The number of likely N-dealkylation sites (N-methyl/N-ethyl adjacent to an activating group) is 1. The minimum atomic E-state index is -0.568. The Balaban J connectivity index is 1.63. The van der Waals surface area contributed by atoms with Crippen LogP contribution in [0.15, 0.2) is 34.4 Å². The monoisotopic (exact) mass is 317 g/mol. The Labute approximate surface area is 136 Å². The molecule has 2 heterocycles. The van der Waals surface area contributed by atoms with Crippen LogP contribution in [0.1, 0.15) is 31.7 Å². The van der Waals surface area contributed by atoms with Crippen molar-refractivity contribution < 1.29 is 4.39 Å². The number of nitrogens with zero attached hydrogens (tertiary/aromatic N) is 3. The smallest absolute Gasteiger partial charge is 0.196 e. The van der Waals surface area contributed by atoms with Gasteiger partial charge >= 0.3 is 0 Å². The fraction of sp³-hybridized carbons (Fsp3) is 0.529. The van der Waals surface area contributed by atoms with Crippen LogP contribution in [0.4, 0.5) is 4.39 Å². The molecule has 0 radical (unpaired) electrons. The fourth-order valence-corrected chi connectivity index (χ4v) is 3.08. The van der Waals surface area contributed by atoms with Gasteiger partial charge in [0.1, 0.15) is 5.82 Å². The Morgan fingerprint density at radius 2 is 2.13 bits per heavy atom. The summed E-state index contributed by atoms with van der Waals surface area (Å²) in [5.74, 6) is -0.729. The van der Waals surface area contributed by atoms with Crippen LogP contribution in [-0.4, -0.2) is 48.8 Å². The number of nitrogens with one attached hydrogen (secondary N) is 2. The van der Waals surface area contributed by atoms with Crippen LogP contribution in [0.3, 0.4) is 0 Å². The maximum Gasteiger partial charge on any atom is 0.196 e. The van der Waals surface area contributed by atoms with E-state index in [0.717, 1.165) is 30.8 Å². The van der Waals surface area contributed by atoms with E-state index in [1.807, 2.05) is 20.1 Å². The number of aliphatic imine (C=N–C) groups is 1. The van der Waals surface area contributed by atoms with Gasteiger partial charge < -0.3 is 4.90 Å². The molecule has 6 heteroatoms. The van der Waals surface area contributed by atoms with E-state index in [4.69, 9.17) is 0 Å². The molecule has 1 aromatic carbocycles. The Morgan fingerprint density at radius 3 is 2.70 bits per heavy atom. The van der Waals surface area contributed by atoms with Gasteiger partial charge in [0.25, 0.3) is 0 Å². The van der Waals surface area contributed by atoms with Crippen molar-refractivity contribution >= 4 is 11.9 Å². The van der Waals surface area contributed by atoms with Crippen LogP contribution in [0.5, 0.6) is 0 Å². The third kappa shape index (κ3) is 3.76. The zero-order valence-electron chi connectivity index (χ0n) is 13.9. The summed E-state index contributed by atoms with van der Waals surface area (Å²) in [7, 11) is 2.13. The van der Waals surface area contributed by atoms with Gasteiger partial charge in [-0.05, 0) is 44.6 Å². The van der Waals surface area contributed by atoms with Crippen molar-refractivity contribution in [2.24, 2.45) is 10.1 Å². The van der Waals surface area contributed by atoms with Crippen LogP contribution in [0.2, 0.25) is 0 Å². The molecule has 0 amide bonds. The normalized spacial score (nSPS) is 29.2. The number of hydrogen-bond acceptors (Lipinski definition) is 5. The maximum atomic E-state index is 13.0. The number of hydrogen-bond donors (Lipinski definition) is 2. The Morgan fingerprint density at radius 1 is 1.39 bits per heavy atom. The van der Waals surface area contributed by atoms with Gasteiger partial charge in [-0.25, -0.2) is 9.38 Å². The lowest BCUT2D eigenvalue weighted by molar-refractivity contribution is 0.260. The molecule has 1 aromatic rings. The van der Waals surface area contributed by atoms with Gasteiger partial charge in [-0.15, -0.1) is 0 Å². The predicted molar refractivity (Wildman–Crippen MR) is 91.3 cm³/mol. The summed E-state index contributed by atoms with van der Waals surface area (Å²) in [5, 5.41) is 8.01. The summed E-state index contributed by atoms with van der Waals surface area (Å²) >= 11 is 0. The molecule has 124 valence electrons. The molecule has 5 nitrogen and oxygen atoms in total. The standard InChI is InChI=1S/C17H24FN5/c1-12(13-4-6-14(18)7-5-13)16-10-19-17(2,22-21-16)20-15-8-9-23(3)11-15/h4-7,10,12,15,20,22H,8-9,11H2,1-3H3/t12-,15-,17?/m1/s1. The minimum absolute atomic E-state index is 0.0639. The van der Waals surface area contributed by atoms with Crippen LogP contribution >= 0.6 is 0 Å². The molecule has 3 rings (SSSR count). The molecule has 23 heavy (non-hydrogen) atoms. The fourth-order valence-electron chi connectivity index (χ4n) is 3.08. The average Bonchev–Trinajstić information content (AvgIpc) is 2.92. The first kappa shape index (κ1) is 16.1. The number of benzene rings is 1. The molecule has 0 bridgehead atoms. The maximum absolute atomic E-state index is 13.0. The number of rotatable bonds is 4. The summed E-state index contributed by atoms with van der Waals surface area (Å²) in [6.07, 6.45) is 2.93. The molecule has 0 spiro atoms. The van der Waals surface area contributed by atoms with E-state index in [2.05, 4.69) is 32.8 Å². The molecule has 0 aromatic heterocycles. The average molecular weight is 317 g/mol. The highest BCUT2D eigenvalue weighted by Crippen LogP contribution is 2.20. The summed E-state index contributed by atoms with van der Waals surface area (Å²) in [6.45, 7) is 6.16. The summed E-state index contributed by atoms with van der Waals surface area (Å²) in [6, 6.07) is 6.94. The topological polar surface area (TPSA) is 52.0 Å². The highest BCUT2D eigenvalue weighted by molar-refractivity contribution is 6.33. The highest BCUT2D eigenvalue weighted by atomic mass is 19.1. The van der Waals surface area contributed by atoms with Crippen LogP contribution in [-0.2, 0) is 0 Å². The van der Waals surface area contributed by atoms with Crippen molar-refractivity contribution in [3.05, 3.63) is 35.6 Å². The van der Waals surface area contributed by atoms with E-state index >= 15 is 0 Å². The third-order valence-electron chi connectivity index (χ3n) is 4.55.